The van der Waals surface area contributed by atoms with E-state index in [4.69, 9.17) is 4.42 Å². The lowest BCUT2D eigenvalue weighted by atomic mass is 10.4. The first-order valence-corrected chi connectivity index (χ1v) is 6.93. The van der Waals surface area contributed by atoms with Gasteiger partial charge in [0, 0.05) is 7.05 Å². The standard InChI is InChI=1S/C10H15F3N2O3S/c1-3-14-6-8-4-5-9(18-8)19(16,17)15(2)7-10(11,12)13/h4-5,14H,3,6-7H2,1-2H3. The molecule has 0 saturated heterocycles. The average Bonchev–Trinajstić information content (AvgIpc) is 2.73. The highest BCUT2D eigenvalue weighted by Crippen LogP contribution is 2.22. The topological polar surface area (TPSA) is 62.6 Å². The molecule has 0 unspecified atom stereocenters. The van der Waals surface area contributed by atoms with Gasteiger partial charge >= 0.3 is 6.18 Å². The maximum atomic E-state index is 12.2. The smallest absolute Gasteiger partial charge is 0.402 e. The second-order valence-corrected chi connectivity index (χ2v) is 5.85. The Kier molecular flexibility index (Phi) is 4.99. The van der Waals surface area contributed by atoms with E-state index >= 15 is 0 Å². The number of nitrogens with one attached hydrogen (secondary N) is 1. The Balaban J connectivity index is 2.85. The third-order valence-electron chi connectivity index (χ3n) is 2.25. The van der Waals surface area contributed by atoms with Crippen molar-refractivity contribution < 1.29 is 26.0 Å². The highest BCUT2D eigenvalue weighted by atomic mass is 32.2. The van der Waals surface area contributed by atoms with Crippen LogP contribution in [0.1, 0.15) is 12.7 Å². The Morgan fingerprint density at radius 1 is 1.37 bits per heavy atom. The van der Waals surface area contributed by atoms with Crippen LogP contribution in [0, 0.1) is 0 Å². The van der Waals surface area contributed by atoms with E-state index < -0.39 is 27.8 Å². The quantitative estimate of drug-likeness (QED) is 0.866. The Hall–Kier alpha value is -1.06. The van der Waals surface area contributed by atoms with Crippen LogP contribution in [0.2, 0.25) is 0 Å². The molecule has 0 fully saturated rings. The summed E-state index contributed by atoms with van der Waals surface area (Å²) in [6, 6.07) is 2.56. The summed E-state index contributed by atoms with van der Waals surface area (Å²) in [6.45, 7) is 1.28. The molecule has 0 aromatic carbocycles. The second kappa shape index (κ2) is 5.93. The van der Waals surface area contributed by atoms with Gasteiger partial charge in [-0.3, -0.25) is 0 Å². The van der Waals surface area contributed by atoms with Gasteiger partial charge in [-0.15, -0.1) is 0 Å². The number of sulfonamides is 1. The van der Waals surface area contributed by atoms with Gasteiger partial charge in [0.1, 0.15) is 12.3 Å². The molecule has 0 bridgehead atoms. The van der Waals surface area contributed by atoms with Crippen LogP contribution in [0.15, 0.2) is 21.6 Å². The molecule has 1 N–H and O–H groups in total. The predicted octanol–water partition coefficient (Wildman–Crippen LogP) is 1.57. The number of hydrogen-bond acceptors (Lipinski definition) is 4. The van der Waals surface area contributed by atoms with Crippen LogP contribution < -0.4 is 5.32 Å². The Bertz CT molecular complexity index is 510. The molecule has 19 heavy (non-hydrogen) atoms. The van der Waals surface area contributed by atoms with Gasteiger partial charge in [-0.05, 0) is 18.7 Å². The minimum absolute atomic E-state index is 0.211. The van der Waals surface area contributed by atoms with Crippen LogP contribution in [0.4, 0.5) is 13.2 Å². The first kappa shape index (κ1) is 16.0. The van der Waals surface area contributed by atoms with Crippen molar-refractivity contribution in [1.29, 1.82) is 0 Å². The van der Waals surface area contributed by atoms with Gasteiger partial charge in [-0.1, -0.05) is 6.92 Å². The molecule has 1 heterocycles. The molecule has 0 aliphatic heterocycles. The molecule has 9 heteroatoms. The monoisotopic (exact) mass is 300 g/mol. The summed E-state index contributed by atoms with van der Waals surface area (Å²) >= 11 is 0. The number of alkyl halides is 3. The molecule has 1 aromatic heterocycles. The van der Waals surface area contributed by atoms with Crippen molar-refractivity contribution in [2.75, 3.05) is 20.1 Å². The van der Waals surface area contributed by atoms with E-state index in [2.05, 4.69) is 5.32 Å². The normalized spacial score (nSPS) is 13.2. The fourth-order valence-corrected chi connectivity index (χ4v) is 2.41. The zero-order valence-corrected chi connectivity index (χ0v) is 11.3. The first-order valence-electron chi connectivity index (χ1n) is 5.49. The van der Waals surface area contributed by atoms with Crippen molar-refractivity contribution in [3.63, 3.8) is 0 Å². The fourth-order valence-electron chi connectivity index (χ4n) is 1.33. The van der Waals surface area contributed by atoms with Gasteiger partial charge in [-0.25, -0.2) is 8.42 Å². The van der Waals surface area contributed by atoms with E-state index in [0.717, 1.165) is 13.1 Å². The summed E-state index contributed by atoms with van der Waals surface area (Å²) in [4.78, 5) is 0. The second-order valence-electron chi connectivity index (χ2n) is 3.88. The van der Waals surface area contributed by atoms with Crippen LogP contribution >= 0.6 is 0 Å². The van der Waals surface area contributed by atoms with Crippen LogP contribution in [0.5, 0.6) is 0 Å². The maximum Gasteiger partial charge on any atom is 0.402 e. The van der Waals surface area contributed by atoms with E-state index in [-0.39, 0.29) is 4.31 Å². The van der Waals surface area contributed by atoms with Gasteiger partial charge < -0.3 is 9.73 Å². The maximum absolute atomic E-state index is 12.2. The third kappa shape index (κ3) is 4.51. The van der Waals surface area contributed by atoms with Crippen molar-refractivity contribution in [3.05, 3.63) is 17.9 Å². The van der Waals surface area contributed by atoms with Crippen molar-refractivity contribution in [2.24, 2.45) is 0 Å². The molecule has 0 amide bonds. The van der Waals surface area contributed by atoms with Crippen LogP contribution in [-0.2, 0) is 16.6 Å². The van der Waals surface area contributed by atoms with E-state index in [1.807, 2.05) is 6.92 Å². The molecule has 0 spiro atoms. The van der Waals surface area contributed by atoms with Crippen molar-refractivity contribution in [1.82, 2.24) is 9.62 Å². The summed E-state index contributed by atoms with van der Waals surface area (Å²) in [5, 5.41) is 2.42. The molecule has 0 atom stereocenters. The highest BCUT2D eigenvalue weighted by molar-refractivity contribution is 7.89. The first-order chi connectivity index (χ1) is 8.66. The van der Waals surface area contributed by atoms with Gasteiger partial charge in [0.25, 0.3) is 10.0 Å². The van der Waals surface area contributed by atoms with E-state index in [9.17, 15) is 21.6 Å². The molecule has 0 radical (unpaired) electrons. The molecular weight excluding hydrogens is 285 g/mol. The van der Waals surface area contributed by atoms with Crippen LogP contribution in [0.3, 0.4) is 0 Å². The van der Waals surface area contributed by atoms with Gasteiger partial charge in [0.2, 0.25) is 5.09 Å². The lowest BCUT2D eigenvalue weighted by molar-refractivity contribution is -0.134. The number of rotatable bonds is 6. The molecule has 0 aliphatic carbocycles. The summed E-state index contributed by atoms with van der Waals surface area (Å²) in [5.41, 5.74) is 0. The molecular formula is C10H15F3N2O3S. The average molecular weight is 300 g/mol. The number of nitrogens with zero attached hydrogens (tertiary/aromatic N) is 1. The lowest BCUT2D eigenvalue weighted by Gasteiger charge is -2.17. The zero-order valence-electron chi connectivity index (χ0n) is 10.5. The van der Waals surface area contributed by atoms with Crippen LogP contribution in [0.25, 0.3) is 0 Å². The summed E-state index contributed by atoms with van der Waals surface area (Å²) in [7, 11) is -3.40. The number of hydrogen-bond donors (Lipinski definition) is 1. The molecule has 0 saturated carbocycles. The lowest BCUT2D eigenvalue weighted by Crippen LogP contribution is -2.35. The molecule has 5 nitrogen and oxygen atoms in total. The summed E-state index contributed by atoms with van der Waals surface area (Å²) < 4.78 is 65.4. The van der Waals surface area contributed by atoms with E-state index in [1.54, 1.807) is 0 Å². The molecule has 1 aromatic rings. The van der Waals surface area contributed by atoms with E-state index in [0.29, 0.717) is 18.8 Å². The SMILES string of the molecule is CCNCc1ccc(S(=O)(=O)N(C)CC(F)(F)F)o1. The highest BCUT2D eigenvalue weighted by Gasteiger charge is 2.36. The fraction of sp³-hybridized carbons (Fsp3) is 0.600. The third-order valence-corrected chi connectivity index (χ3v) is 3.93. The van der Waals surface area contributed by atoms with Crippen LogP contribution in [-0.4, -0.2) is 39.0 Å². The Morgan fingerprint density at radius 3 is 2.53 bits per heavy atom. The van der Waals surface area contributed by atoms with Crippen molar-refractivity contribution in [2.45, 2.75) is 24.7 Å². The molecule has 110 valence electrons. The van der Waals surface area contributed by atoms with Gasteiger partial charge in [-0.2, -0.15) is 17.5 Å². The molecule has 0 aliphatic rings. The van der Waals surface area contributed by atoms with Crippen molar-refractivity contribution in [3.8, 4) is 0 Å². The summed E-state index contributed by atoms with van der Waals surface area (Å²) in [5.74, 6) is 0.348. The largest absolute Gasteiger partial charge is 0.447 e. The molecule has 1 rings (SSSR count). The summed E-state index contributed by atoms with van der Waals surface area (Å²) in [6.07, 6.45) is -4.60. The van der Waals surface area contributed by atoms with Gasteiger partial charge in [0.05, 0.1) is 6.54 Å². The minimum Gasteiger partial charge on any atom is -0.447 e. The Morgan fingerprint density at radius 2 is 2.00 bits per heavy atom. The predicted molar refractivity (Wildman–Crippen MR) is 62.0 cm³/mol. The number of halogens is 3. The Labute approximate surface area is 109 Å². The van der Waals surface area contributed by atoms with Gasteiger partial charge in [0.15, 0.2) is 0 Å². The zero-order chi connectivity index (χ0) is 14.7. The van der Waals surface area contributed by atoms with E-state index in [1.165, 1.54) is 6.07 Å². The van der Waals surface area contributed by atoms with Crippen molar-refractivity contribution >= 4 is 10.0 Å². The minimum atomic E-state index is -4.60. The number of furan rings is 1.